The average Bonchev–Trinajstić information content (AvgIpc) is 3.00. The number of fused-ring (bicyclic) bond motifs is 1. The Morgan fingerprint density at radius 2 is 1.18 bits per heavy atom. The largest absolute Gasteiger partial charge is 0.506 e. The number of carboxylic acid groups (broad SMARTS) is 1. The van der Waals surface area contributed by atoms with Crippen molar-refractivity contribution in [2.75, 3.05) is 0 Å². The second-order valence-corrected chi connectivity index (χ2v) is 7.84. The Kier molecular flexibility index (Phi) is 11.0. The van der Waals surface area contributed by atoms with E-state index in [1.807, 2.05) is 84.9 Å². The molecule has 6 rings (SSSR count). The van der Waals surface area contributed by atoms with Gasteiger partial charge < -0.3 is 10.2 Å². The zero-order chi connectivity index (χ0) is 26.6. The van der Waals surface area contributed by atoms with Gasteiger partial charge in [0.05, 0.1) is 0 Å². The normalized spacial score (nSPS) is 9.64. The van der Waals surface area contributed by atoms with Crippen molar-refractivity contribution >= 4 is 16.9 Å². The molecule has 0 unspecified atom stereocenters. The molecule has 0 fully saturated rings. The van der Waals surface area contributed by atoms with Gasteiger partial charge in [-0.05, 0) is 35.9 Å². The number of hydrogen-bond donors (Lipinski definition) is 2. The average molecular weight is 690 g/mol. The zero-order valence-electron chi connectivity index (χ0n) is 20.6. The van der Waals surface area contributed by atoms with Gasteiger partial charge in [-0.15, -0.1) is 36.4 Å². The molecule has 0 spiro atoms. The molecule has 3 aromatic carbocycles. The molecule has 1 radical (unpaired) electrons. The summed E-state index contributed by atoms with van der Waals surface area (Å²) in [5, 5.41) is 18.8. The maximum atomic E-state index is 10.6. The minimum absolute atomic E-state index is 0. The first-order chi connectivity index (χ1) is 18.6. The Morgan fingerprint density at radius 1 is 0.641 bits per heavy atom. The molecule has 0 aliphatic rings. The minimum atomic E-state index is -1.10. The van der Waals surface area contributed by atoms with Gasteiger partial charge in [0.15, 0.2) is 0 Å². The van der Waals surface area contributed by atoms with Gasteiger partial charge in [-0.3, -0.25) is 9.97 Å². The first-order valence-corrected chi connectivity index (χ1v) is 11.7. The van der Waals surface area contributed by atoms with Crippen LogP contribution >= 0.6 is 0 Å². The summed E-state index contributed by atoms with van der Waals surface area (Å²) >= 11 is 0. The molecule has 0 aliphatic heterocycles. The predicted octanol–water partition coefficient (Wildman–Crippen LogP) is 6.73. The summed E-state index contributed by atoms with van der Waals surface area (Å²) in [4.78, 5) is 22.8. The van der Waals surface area contributed by atoms with Crippen LogP contribution in [0, 0.1) is 12.1 Å². The quantitative estimate of drug-likeness (QED) is 0.200. The SMILES string of the molecule is O=C(O)c1ccc2cccc(O)c2n1.[Ir].[c-]1cccnc1-c1ccccc1.[c-]1cccnc1-c1ccccc1. The van der Waals surface area contributed by atoms with E-state index < -0.39 is 5.97 Å². The van der Waals surface area contributed by atoms with Gasteiger partial charge in [-0.25, -0.2) is 9.78 Å². The Hall–Kier alpha value is -4.71. The van der Waals surface area contributed by atoms with Crippen LogP contribution in [0.15, 0.2) is 128 Å². The molecule has 0 saturated carbocycles. The number of pyridine rings is 3. The van der Waals surface area contributed by atoms with Gasteiger partial charge in [0.2, 0.25) is 0 Å². The van der Waals surface area contributed by atoms with E-state index in [0.717, 1.165) is 27.9 Å². The van der Waals surface area contributed by atoms with Gasteiger partial charge in [0, 0.05) is 25.5 Å². The van der Waals surface area contributed by atoms with Crippen LogP contribution in [0.25, 0.3) is 33.4 Å². The first-order valence-electron chi connectivity index (χ1n) is 11.7. The van der Waals surface area contributed by atoms with Crippen molar-refractivity contribution < 1.29 is 35.1 Å². The Labute approximate surface area is 240 Å². The van der Waals surface area contributed by atoms with Crippen molar-refractivity contribution in [3.63, 3.8) is 0 Å². The summed E-state index contributed by atoms with van der Waals surface area (Å²) in [6, 6.07) is 41.6. The molecule has 0 bridgehead atoms. The molecule has 0 saturated heterocycles. The number of aromatic nitrogens is 3. The van der Waals surface area contributed by atoms with Crippen molar-refractivity contribution in [3.8, 4) is 28.3 Å². The zero-order valence-corrected chi connectivity index (χ0v) is 23.0. The molecule has 39 heavy (non-hydrogen) atoms. The van der Waals surface area contributed by atoms with Crippen molar-refractivity contribution in [2.45, 2.75) is 0 Å². The van der Waals surface area contributed by atoms with Gasteiger partial charge in [0.1, 0.15) is 17.0 Å². The van der Waals surface area contributed by atoms with Gasteiger partial charge in [0.25, 0.3) is 0 Å². The summed E-state index contributed by atoms with van der Waals surface area (Å²) in [6.45, 7) is 0. The number of aromatic hydroxyl groups is 1. The fraction of sp³-hybridized carbons (Fsp3) is 0. The Morgan fingerprint density at radius 3 is 1.64 bits per heavy atom. The van der Waals surface area contributed by atoms with Crippen LogP contribution in [0.2, 0.25) is 0 Å². The number of para-hydroxylation sites is 1. The number of carbonyl (C=O) groups is 1. The van der Waals surface area contributed by atoms with Crippen LogP contribution in [-0.2, 0) is 20.1 Å². The monoisotopic (exact) mass is 690 g/mol. The van der Waals surface area contributed by atoms with E-state index >= 15 is 0 Å². The number of nitrogens with zero attached hydrogens (tertiary/aromatic N) is 3. The van der Waals surface area contributed by atoms with E-state index in [4.69, 9.17) is 5.11 Å². The van der Waals surface area contributed by atoms with Crippen LogP contribution in [-0.4, -0.2) is 31.1 Å². The summed E-state index contributed by atoms with van der Waals surface area (Å²) in [7, 11) is 0. The molecule has 6 nitrogen and oxygen atoms in total. The maximum absolute atomic E-state index is 10.6. The van der Waals surface area contributed by atoms with Crippen molar-refractivity contribution in [1.82, 2.24) is 15.0 Å². The van der Waals surface area contributed by atoms with E-state index in [2.05, 4.69) is 27.1 Å². The third-order valence-electron chi connectivity index (χ3n) is 5.22. The predicted molar refractivity (Wildman–Crippen MR) is 147 cm³/mol. The molecule has 6 aromatic rings. The molecule has 0 atom stereocenters. The standard InChI is InChI=1S/2C11H8N.C10H7NO3.Ir/c2*1-2-6-10(7-3-1)11-8-4-5-9-12-11;12-8-3-1-2-6-4-5-7(10(13)14)11-9(6)8;/h2*1-7,9H;1-5,12H,(H,13,14);/q2*-1;;. The van der Waals surface area contributed by atoms with Gasteiger partial charge in [-0.2, -0.15) is 24.3 Å². The summed E-state index contributed by atoms with van der Waals surface area (Å²) in [6.07, 6.45) is 3.55. The van der Waals surface area contributed by atoms with E-state index in [9.17, 15) is 9.90 Å². The fourth-order valence-corrected chi connectivity index (χ4v) is 3.41. The van der Waals surface area contributed by atoms with E-state index in [0.29, 0.717) is 5.52 Å². The van der Waals surface area contributed by atoms with Crippen LogP contribution in [0.1, 0.15) is 10.5 Å². The number of aromatic carboxylic acids is 1. The molecule has 0 amide bonds. The maximum Gasteiger partial charge on any atom is 0.354 e. The molecule has 0 aliphatic carbocycles. The van der Waals surface area contributed by atoms with Crippen LogP contribution < -0.4 is 0 Å². The number of phenolic OH excluding ortho intramolecular Hbond substituents is 1. The van der Waals surface area contributed by atoms with Gasteiger partial charge in [-0.1, -0.05) is 65.7 Å². The third kappa shape index (κ3) is 8.40. The number of rotatable bonds is 3. The summed E-state index contributed by atoms with van der Waals surface area (Å²) < 4.78 is 0. The number of benzene rings is 3. The van der Waals surface area contributed by atoms with E-state index in [-0.39, 0.29) is 31.5 Å². The number of carboxylic acids is 1. The number of hydrogen-bond acceptors (Lipinski definition) is 5. The number of phenols is 1. The molecule has 2 N–H and O–H groups in total. The molecule has 3 aromatic heterocycles. The minimum Gasteiger partial charge on any atom is -0.506 e. The molecule has 3 heterocycles. The van der Waals surface area contributed by atoms with Crippen molar-refractivity contribution in [3.05, 3.63) is 145 Å². The van der Waals surface area contributed by atoms with E-state index in [1.165, 1.54) is 12.1 Å². The molecular weight excluding hydrogens is 667 g/mol. The molecule has 195 valence electrons. The van der Waals surface area contributed by atoms with Crippen LogP contribution in [0.5, 0.6) is 5.75 Å². The second-order valence-electron chi connectivity index (χ2n) is 7.84. The smallest absolute Gasteiger partial charge is 0.354 e. The van der Waals surface area contributed by atoms with Crippen LogP contribution in [0.3, 0.4) is 0 Å². The molecule has 7 heteroatoms. The second kappa shape index (κ2) is 14.9. The summed E-state index contributed by atoms with van der Waals surface area (Å²) in [5.74, 6) is -1.11. The first kappa shape index (κ1) is 28.9. The topological polar surface area (TPSA) is 96.2 Å². The fourth-order valence-electron chi connectivity index (χ4n) is 3.41. The molecular formula is C32H23IrN3O3-2. The Bertz CT molecular complexity index is 1440. The summed E-state index contributed by atoms with van der Waals surface area (Å²) in [5.41, 5.74) is 4.26. The van der Waals surface area contributed by atoms with E-state index in [1.54, 1.807) is 30.6 Å². The van der Waals surface area contributed by atoms with Crippen molar-refractivity contribution in [2.24, 2.45) is 0 Å². The third-order valence-corrected chi connectivity index (χ3v) is 5.22. The Balaban J connectivity index is 0.000000160. The van der Waals surface area contributed by atoms with Gasteiger partial charge >= 0.3 is 5.97 Å². The van der Waals surface area contributed by atoms with Crippen LogP contribution in [0.4, 0.5) is 0 Å². The van der Waals surface area contributed by atoms with Crippen molar-refractivity contribution in [1.29, 1.82) is 0 Å².